The fourth-order valence-electron chi connectivity index (χ4n) is 1.67. The monoisotopic (exact) mass is 230 g/mol. The topological polar surface area (TPSA) is 35.5 Å². The van der Waals surface area contributed by atoms with Crippen molar-refractivity contribution in [3.63, 3.8) is 0 Å². The zero-order valence-corrected chi connectivity index (χ0v) is 9.84. The summed E-state index contributed by atoms with van der Waals surface area (Å²) in [5, 5.41) is 0. The Labute approximate surface area is 100 Å². The largest absolute Gasteiger partial charge is 0.496 e. The van der Waals surface area contributed by atoms with Gasteiger partial charge in [0.05, 0.1) is 7.11 Å². The molecule has 1 heterocycles. The predicted octanol–water partition coefficient (Wildman–Crippen LogP) is 2.58. The maximum atomic E-state index is 11.0. The summed E-state index contributed by atoms with van der Waals surface area (Å²) in [5.74, 6) is 0.484. The first-order chi connectivity index (χ1) is 8.13. The van der Waals surface area contributed by atoms with Crippen LogP contribution >= 0.6 is 0 Å². The normalized spacial score (nSPS) is 23.1. The van der Waals surface area contributed by atoms with Crippen molar-refractivity contribution in [1.82, 2.24) is 0 Å². The molecule has 1 atom stereocenters. The fraction of sp³-hybridized carbons (Fsp3) is 0.214. The van der Waals surface area contributed by atoms with E-state index in [0.717, 1.165) is 11.3 Å². The van der Waals surface area contributed by atoms with Crippen LogP contribution in [0.4, 0.5) is 0 Å². The summed E-state index contributed by atoms with van der Waals surface area (Å²) in [7, 11) is 1.63. The molecule has 1 aliphatic heterocycles. The van der Waals surface area contributed by atoms with Crippen LogP contribution in [0.15, 0.2) is 42.5 Å². The molecular weight excluding hydrogens is 216 g/mol. The fourth-order valence-corrected chi connectivity index (χ4v) is 1.67. The number of hydrogen-bond acceptors (Lipinski definition) is 3. The van der Waals surface area contributed by atoms with Crippen molar-refractivity contribution >= 4 is 12.0 Å². The minimum Gasteiger partial charge on any atom is -0.496 e. The van der Waals surface area contributed by atoms with Crippen molar-refractivity contribution in [3.05, 3.63) is 48.1 Å². The van der Waals surface area contributed by atoms with E-state index in [0.29, 0.717) is 0 Å². The van der Waals surface area contributed by atoms with Crippen molar-refractivity contribution in [3.8, 4) is 5.75 Å². The van der Waals surface area contributed by atoms with Gasteiger partial charge in [-0.2, -0.15) is 0 Å². The molecule has 0 fully saturated rings. The maximum Gasteiger partial charge on any atom is 0.331 e. The molecule has 3 nitrogen and oxygen atoms in total. The Morgan fingerprint density at radius 1 is 1.35 bits per heavy atom. The van der Waals surface area contributed by atoms with E-state index >= 15 is 0 Å². The van der Waals surface area contributed by atoms with Crippen molar-refractivity contribution in [2.24, 2.45) is 0 Å². The Balaban J connectivity index is 2.21. The van der Waals surface area contributed by atoms with Gasteiger partial charge in [0.15, 0.2) is 0 Å². The summed E-state index contributed by atoms with van der Waals surface area (Å²) in [6, 6.07) is 7.67. The number of methoxy groups -OCH3 is 1. The predicted molar refractivity (Wildman–Crippen MR) is 65.7 cm³/mol. The summed E-state index contributed by atoms with van der Waals surface area (Å²) in [4.78, 5) is 11.0. The van der Waals surface area contributed by atoms with E-state index in [2.05, 4.69) is 0 Å². The molecule has 1 unspecified atom stereocenters. The number of hydrogen-bond donors (Lipinski definition) is 0. The molecular formula is C14H14O3. The average Bonchev–Trinajstić information content (AvgIpc) is 2.68. The standard InChI is InChI=1S/C14H14O3/c1-14(10-8-13(15)17-14)9-7-11-5-3-4-6-12(11)16-2/h3-10H,1-2H3/b9-7+. The van der Waals surface area contributed by atoms with E-state index in [-0.39, 0.29) is 5.97 Å². The van der Waals surface area contributed by atoms with Gasteiger partial charge in [-0.15, -0.1) is 0 Å². The number of ether oxygens (including phenoxy) is 2. The molecule has 88 valence electrons. The second-order valence-corrected chi connectivity index (χ2v) is 4.01. The lowest BCUT2D eigenvalue weighted by molar-refractivity contribution is -0.141. The Bertz CT molecular complexity index is 488. The maximum absolute atomic E-state index is 11.0. The number of cyclic esters (lactones) is 1. The molecule has 0 aromatic heterocycles. The summed E-state index contributed by atoms with van der Waals surface area (Å²) in [5.41, 5.74) is 0.297. The van der Waals surface area contributed by atoms with Crippen molar-refractivity contribution in [1.29, 1.82) is 0 Å². The molecule has 3 heteroatoms. The molecule has 0 N–H and O–H groups in total. The molecule has 0 bridgehead atoms. The van der Waals surface area contributed by atoms with Crippen LogP contribution in [0.5, 0.6) is 5.75 Å². The molecule has 17 heavy (non-hydrogen) atoms. The first-order valence-corrected chi connectivity index (χ1v) is 5.37. The SMILES string of the molecule is COc1ccccc1/C=C/C1(C)C=CC(=O)O1. The number of carbonyl (C=O) groups excluding carboxylic acids is 1. The third kappa shape index (κ3) is 2.56. The lowest BCUT2D eigenvalue weighted by atomic mass is 10.0. The number of carbonyl (C=O) groups is 1. The van der Waals surface area contributed by atoms with E-state index in [9.17, 15) is 4.79 Å². The zero-order valence-electron chi connectivity index (χ0n) is 9.84. The summed E-state index contributed by atoms with van der Waals surface area (Å²) in [6.45, 7) is 1.83. The van der Waals surface area contributed by atoms with Gasteiger partial charge in [0.25, 0.3) is 0 Å². The van der Waals surface area contributed by atoms with E-state index in [1.165, 1.54) is 6.08 Å². The van der Waals surface area contributed by atoms with Crippen LogP contribution in [0.25, 0.3) is 6.08 Å². The number of benzene rings is 1. The quantitative estimate of drug-likeness (QED) is 0.749. The number of rotatable bonds is 3. The molecule has 0 aliphatic carbocycles. The molecule has 1 aliphatic rings. The molecule has 0 saturated heterocycles. The molecule has 0 amide bonds. The van der Waals surface area contributed by atoms with Crippen molar-refractivity contribution < 1.29 is 14.3 Å². The smallest absolute Gasteiger partial charge is 0.331 e. The van der Waals surface area contributed by atoms with E-state index < -0.39 is 5.60 Å². The highest BCUT2D eigenvalue weighted by Gasteiger charge is 2.27. The van der Waals surface area contributed by atoms with Crippen LogP contribution in [0.2, 0.25) is 0 Å². The Hall–Kier alpha value is -2.03. The zero-order chi connectivity index (χ0) is 12.3. The van der Waals surface area contributed by atoms with Gasteiger partial charge in [-0.05, 0) is 25.1 Å². The second kappa shape index (κ2) is 4.45. The van der Waals surface area contributed by atoms with Gasteiger partial charge >= 0.3 is 5.97 Å². The molecule has 0 saturated carbocycles. The van der Waals surface area contributed by atoms with Crippen LogP contribution in [0.1, 0.15) is 12.5 Å². The molecule has 2 rings (SSSR count). The van der Waals surface area contributed by atoms with E-state index in [1.54, 1.807) is 13.2 Å². The van der Waals surface area contributed by atoms with Gasteiger partial charge in [0.1, 0.15) is 11.4 Å². The highest BCUT2D eigenvalue weighted by molar-refractivity contribution is 5.85. The number of esters is 1. The van der Waals surface area contributed by atoms with Crippen molar-refractivity contribution in [2.75, 3.05) is 7.11 Å². The summed E-state index contributed by atoms with van der Waals surface area (Å²) in [6.07, 6.45) is 6.90. The van der Waals surface area contributed by atoms with Gasteiger partial charge in [-0.1, -0.05) is 24.3 Å². The third-order valence-electron chi connectivity index (χ3n) is 2.60. The summed E-state index contributed by atoms with van der Waals surface area (Å²) >= 11 is 0. The lowest BCUT2D eigenvalue weighted by Crippen LogP contribution is -2.20. The van der Waals surface area contributed by atoms with Crippen LogP contribution in [0, 0.1) is 0 Å². The first kappa shape index (κ1) is 11.5. The van der Waals surface area contributed by atoms with E-state index in [4.69, 9.17) is 9.47 Å². The minimum atomic E-state index is -0.655. The van der Waals surface area contributed by atoms with Crippen LogP contribution < -0.4 is 4.74 Å². The highest BCUT2D eigenvalue weighted by Crippen LogP contribution is 2.24. The lowest BCUT2D eigenvalue weighted by Gasteiger charge is -2.16. The van der Waals surface area contributed by atoms with Crippen LogP contribution in [-0.2, 0) is 9.53 Å². The van der Waals surface area contributed by atoms with E-state index in [1.807, 2.05) is 43.3 Å². The summed E-state index contributed by atoms with van der Waals surface area (Å²) < 4.78 is 10.4. The minimum absolute atomic E-state index is 0.308. The first-order valence-electron chi connectivity index (χ1n) is 5.37. The van der Waals surface area contributed by atoms with Gasteiger partial charge in [0, 0.05) is 11.6 Å². The van der Waals surface area contributed by atoms with Crippen LogP contribution in [-0.4, -0.2) is 18.7 Å². The van der Waals surface area contributed by atoms with Gasteiger partial charge in [-0.3, -0.25) is 0 Å². The highest BCUT2D eigenvalue weighted by atomic mass is 16.6. The Kier molecular flexibility index (Phi) is 3.00. The molecule has 0 spiro atoms. The van der Waals surface area contributed by atoms with Gasteiger partial charge in [0.2, 0.25) is 0 Å². The van der Waals surface area contributed by atoms with Gasteiger partial charge < -0.3 is 9.47 Å². The van der Waals surface area contributed by atoms with Gasteiger partial charge in [-0.25, -0.2) is 4.79 Å². The van der Waals surface area contributed by atoms with Crippen LogP contribution in [0.3, 0.4) is 0 Å². The third-order valence-corrected chi connectivity index (χ3v) is 2.60. The van der Waals surface area contributed by atoms with Crippen molar-refractivity contribution in [2.45, 2.75) is 12.5 Å². The number of para-hydroxylation sites is 1. The molecule has 1 aromatic rings. The molecule has 0 radical (unpaired) electrons. The Morgan fingerprint density at radius 2 is 2.12 bits per heavy atom. The molecule has 1 aromatic carbocycles. The second-order valence-electron chi connectivity index (χ2n) is 4.01. The average molecular weight is 230 g/mol. The Morgan fingerprint density at radius 3 is 2.76 bits per heavy atom.